The van der Waals surface area contributed by atoms with Gasteiger partial charge in [0.05, 0.1) is 19.8 Å². The van der Waals surface area contributed by atoms with E-state index in [9.17, 15) is 24.2 Å². The van der Waals surface area contributed by atoms with Crippen molar-refractivity contribution in [1.29, 1.82) is 0 Å². The summed E-state index contributed by atoms with van der Waals surface area (Å²) in [5, 5.41) is 18.4. The van der Waals surface area contributed by atoms with Gasteiger partial charge >= 0.3 is 19.8 Å². The summed E-state index contributed by atoms with van der Waals surface area (Å²) in [6.07, 6.45) is 47.9. The second kappa shape index (κ2) is 44.0. The SMILES string of the molecule is CCC/C=C\C/C=C\CCCCCCCC(=O)OCC(COP(=O)(O)OCC(O)CO)OC(=O)CCCCCCCCCCCCC/C=C\C/C=C\CCCCCCC. The van der Waals surface area contributed by atoms with Gasteiger partial charge in [-0.1, -0.05) is 172 Å². The van der Waals surface area contributed by atoms with E-state index in [1.54, 1.807) is 0 Å². The highest BCUT2D eigenvalue weighted by atomic mass is 31.2. The van der Waals surface area contributed by atoms with Crippen LogP contribution in [-0.4, -0.2) is 65.7 Å². The summed E-state index contributed by atoms with van der Waals surface area (Å²) in [7, 11) is -4.62. The zero-order chi connectivity index (χ0) is 43.3. The van der Waals surface area contributed by atoms with Gasteiger partial charge in [-0.05, 0) is 70.6 Å². The minimum Gasteiger partial charge on any atom is -0.462 e. The summed E-state index contributed by atoms with van der Waals surface area (Å²) in [5.74, 6) is -0.942. The van der Waals surface area contributed by atoms with Gasteiger partial charge in [0.15, 0.2) is 6.10 Å². The lowest BCUT2D eigenvalue weighted by molar-refractivity contribution is -0.161. The van der Waals surface area contributed by atoms with Crippen molar-refractivity contribution in [3.63, 3.8) is 0 Å². The smallest absolute Gasteiger partial charge is 0.462 e. The molecule has 0 heterocycles. The molecule has 0 aliphatic heterocycles. The number of aliphatic hydroxyl groups is 2. The van der Waals surface area contributed by atoms with Crippen LogP contribution < -0.4 is 0 Å². The van der Waals surface area contributed by atoms with Gasteiger partial charge < -0.3 is 24.6 Å². The molecular formula is C48H87O10P. The van der Waals surface area contributed by atoms with Crippen LogP contribution in [0.15, 0.2) is 48.6 Å². The van der Waals surface area contributed by atoms with Crippen LogP contribution in [0.4, 0.5) is 0 Å². The molecule has 59 heavy (non-hydrogen) atoms. The number of rotatable bonds is 44. The molecule has 0 bridgehead atoms. The molecule has 3 N–H and O–H groups in total. The largest absolute Gasteiger partial charge is 0.472 e. The highest BCUT2D eigenvalue weighted by molar-refractivity contribution is 7.47. The molecule has 11 heteroatoms. The zero-order valence-corrected chi connectivity index (χ0v) is 38.4. The lowest BCUT2D eigenvalue weighted by atomic mass is 10.0. The van der Waals surface area contributed by atoms with E-state index >= 15 is 0 Å². The summed E-state index contributed by atoms with van der Waals surface area (Å²) in [6, 6.07) is 0. The van der Waals surface area contributed by atoms with Crippen LogP contribution >= 0.6 is 7.82 Å². The first-order valence-electron chi connectivity index (χ1n) is 23.6. The van der Waals surface area contributed by atoms with Gasteiger partial charge in [0.2, 0.25) is 0 Å². The highest BCUT2D eigenvalue weighted by Gasteiger charge is 2.27. The van der Waals surface area contributed by atoms with Crippen LogP contribution in [-0.2, 0) is 32.7 Å². The number of phosphoric acid groups is 1. The monoisotopic (exact) mass is 855 g/mol. The molecule has 0 aliphatic rings. The van der Waals surface area contributed by atoms with Crippen molar-refractivity contribution in [1.82, 2.24) is 0 Å². The summed E-state index contributed by atoms with van der Waals surface area (Å²) >= 11 is 0. The molecule has 0 saturated carbocycles. The van der Waals surface area contributed by atoms with Gasteiger partial charge in [0.25, 0.3) is 0 Å². The van der Waals surface area contributed by atoms with Crippen LogP contribution in [0.1, 0.15) is 206 Å². The molecular weight excluding hydrogens is 767 g/mol. The van der Waals surface area contributed by atoms with E-state index in [0.29, 0.717) is 12.8 Å². The Labute approximate surface area is 360 Å². The van der Waals surface area contributed by atoms with Crippen molar-refractivity contribution < 1.29 is 47.8 Å². The highest BCUT2D eigenvalue weighted by Crippen LogP contribution is 2.43. The number of phosphoric ester groups is 1. The molecule has 3 atom stereocenters. The van der Waals surface area contributed by atoms with Gasteiger partial charge in [-0.3, -0.25) is 18.6 Å². The minimum atomic E-state index is -4.62. The third-order valence-corrected chi connectivity index (χ3v) is 10.9. The lowest BCUT2D eigenvalue weighted by Gasteiger charge is -2.20. The predicted octanol–water partition coefficient (Wildman–Crippen LogP) is 12.9. The van der Waals surface area contributed by atoms with Gasteiger partial charge in [-0.25, -0.2) is 4.57 Å². The maximum atomic E-state index is 12.6. The van der Waals surface area contributed by atoms with E-state index in [4.69, 9.17) is 23.6 Å². The van der Waals surface area contributed by atoms with Crippen molar-refractivity contribution in [2.75, 3.05) is 26.4 Å². The average molecular weight is 855 g/mol. The van der Waals surface area contributed by atoms with Crippen LogP contribution in [0.2, 0.25) is 0 Å². The lowest BCUT2D eigenvalue weighted by Crippen LogP contribution is -2.29. The second-order valence-electron chi connectivity index (χ2n) is 15.8. The quantitative estimate of drug-likeness (QED) is 0.0234. The topological polar surface area (TPSA) is 149 Å². The first kappa shape index (κ1) is 56.9. The van der Waals surface area contributed by atoms with Crippen LogP contribution in [0, 0.1) is 0 Å². The van der Waals surface area contributed by atoms with Crippen LogP contribution in [0.3, 0.4) is 0 Å². The maximum Gasteiger partial charge on any atom is 0.472 e. The molecule has 344 valence electrons. The van der Waals surface area contributed by atoms with Crippen LogP contribution in [0.5, 0.6) is 0 Å². The maximum absolute atomic E-state index is 12.6. The van der Waals surface area contributed by atoms with Crippen molar-refractivity contribution >= 4 is 19.8 Å². The van der Waals surface area contributed by atoms with Crippen molar-refractivity contribution in [2.24, 2.45) is 0 Å². The summed E-state index contributed by atoms with van der Waals surface area (Å²) in [5.41, 5.74) is 0. The fourth-order valence-corrected chi connectivity index (χ4v) is 7.09. The Balaban J connectivity index is 4.20. The van der Waals surface area contributed by atoms with Gasteiger partial charge in [0, 0.05) is 12.8 Å². The molecule has 0 aromatic carbocycles. The first-order chi connectivity index (χ1) is 28.7. The summed E-state index contributed by atoms with van der Waals surface area (Å²) in [6.45, 7) is 2.30. The van der Waals surface area contributed by atoms with E-state index in [2.05, 4.69) is 62.5 Å². The first-order valence-corrected chi connectivity index (χ1v) is 25.1. The van der Waals surface area contributed by atoms with Gasteiger partial charge in [-0.15, -0.1) is 0 Å². The van der Waals surface area contributed by atoms with Gasteiger partial charge in [0.1, 0.15) is 12.7 Å². The molecule has 0 rings (SSSR count). The Morgan fingerprint density at radius 3 is 1.37 bits per heavy atom. The zero-order valence-electron chi connectivity index (χ0n) is 37.5. The molecule has 0 aromatic rings. The molecule has 0 aromatic heterocycles. The standard InChI is InChI=1S/C48H87O10P/c1-3-5-7-9-11-13-15-17-18-19-20-21-22-23-24-25-26-28-30-32-34-36-38-40-48(52)58-46(44-57-59(53,54)56-42-45(50)41-49)43-55-47(51)39-37-35-33-31-29-27-16-14-12-10-8-6-4-2/h8,10,14-17,19-20,45-46,49-50H,3-7,9,11-13,18,21-44H2,1-2H3,(H,53,54)/b10-8-,16-14-,17-15-,20-19-. The number of hydrogen-bond donors (Lipinski definition) is 3. The molecule has 0 radical (unpaired) electrons. The second-order valence-corrected chi connectivity index (χ2v) is 17.2. The Hall–Kier alpha value is -2.07. The van der Waals surface area contributed by atoms with E-state index in [1.165, 1.54) is 96.3 Å². The molecule has 0 spiro atoms. The minimum absolute atomic E-state index is 0.178. The number of carbonyl (C=O) groups excluding carboxylic acids is 2. The number of aliphatic hydroxyl groups excluding tert-OH is 2. The molecule has 0 aliphatic carbocycles. The third-order valence-electron chi connectivity index (χ3n) is 9.94. The molecule has 0 amide bonds. The van der Waals surface area contributed by atoms with Crippen molar-refractivity contribution in [2.45, 2.75) is 219 Å². The van der Waals surface area contributed by atoms with E-state index in [-0.39, 0.29) is 19.4 Å². The Morgan fingerprint density at radius 1 is 0.508 bits per heavy atom. The Kier molecular flexibility index (Phi) is 42.5. The number of ether oxygens (including phenoxy) is 2. The van der Waals surface area contributed by atoms with Crippen molar-refractivity contribution in [3.8, 4) is 0 Å². The number of carbonyl (C=O) groups is 2. The fourth-order valence-electron chi connectivity index (χ4n) is 6.30. The van der Waals surface area contributed by atoms with E-state index < -0.39 is 51.8 Å². The molecule has 10 nitrogen and oxygen atoms in total. The molecule has 0 saturated heterocycles. The number of esters is 2. The fraction of sp³-hybridized carbons (Fsp3) is 0.792. The number of hydrogen-bond acceptors (Lipinski definition) is 9. The summed E-state index contributed by atoms with van der Waals surface area (Å²) in [4.78, 5) is 35.0. The molecule has 3 unspecified atom stereocenters. The normalized spacial score (nSPS) is 14.2. The van der Waals surface area contributed by atoms with Crippen molar-refractivity contribution in [3.05, 3.63) is 48.6 Å². The predicted molar refractivity (Wildman–Crippen MR) is 242 cm³/mol. The molecule has 0 fully saturated rings. The van der Waals surface area contributed by atoms with E-state index in [0.717, 1.165) is 70.6 Å². The number of allylic oxidation sites excluding steroid dienone is 8. The van der Waals surface area contributed by atoms with Gasteiger partial charge in [-0.2, -0.15) is 0 Å². The third kappa shape index (κ3) is 43.8. The van der Waals surface area contributed by atoms with Crippen LogP contribution in [0.25, 0.3) is 0 Å². The van der Waals surface area contributed by atoms with E-state index in [1.807, 2.05) is 0 Å². The average Bonchev–Trinajstić information content (AvgIpc) is 3.22. The number of unbranched alkanes of at least 4 members (excludes halogenated alkanes) is 22. The summed E-state index contributed by atoms with van der Waals surface area (Å²) < 4.78 is 32.8. The Bertz CT molecular complexity index is 1120. The Morgan fingerprint density at radius 2 is 0.915 bits per heavy atom.